The molecule has 0 spiro atoms. The van der Waals surface area contributed by atoms with Gasteiger partial charge in [0.15, 0.2) is 0 Å². The van der Waals surface area contributed by atoms with E-state index in [1.807, 2.05) is 24.3 Å². The van der Waals surface area contributed by atoms with Gasteiger partial charge in [0.05, 0.1) is 4.90 Å². The van der Waals surface area contributed by atoms with Crippen molar-refractivity contribution in [2.24, 2.45) is 0 Å². The van der Waals surface area contributed by atoms with E-state index in [2.05, 4.69) is 4.72 Å². The van der Waals surface area contributed by atoms with Crippen LogP contribution in [0.25, 0.3) is 10.8 Å². The summed E-state index contributed by atoms with van der Waals surface area (Å²) >= 11 is 0. The zero-order chi connectivity index (χ0) is 18.0. The Kier molecular flexibility index (Phi) is 4.46. The third kappa shape index (κ3) is 3.64. The van der Waals surface area contributed by atoms with Gasteiger partial charge in [0.1, 0.15) is 0 Å². The van der Waals surface area contributed by atoms with Gasteiger partial charge in [-0.3, -0.25) is 9.52 Å². The van der Waals surface area contributed by atoms with Gasteiger partial charge in [0, 0.05) is 25.3 Å². The summed E-state index contributed by atoms with van der Waals surface area (Å²) in [5, 5.41) is 1.84. The highest BCUT2D eigenvalue weighted by atomic mass is 32.2. The van der Waals surface area contributed by atoms with Crippen LogP contribution in [-0.4, -0.2) is 33.3 Å². The predicted octanol–water partition coefficient (Wildman–Crippen LogP) is 3.34. The minimum absolute atomic E-state index is 0.135. The first kappa shape index (κ1) is 17.0. The van der Waals surface area contributed by atoms with E-state index >= 15 is 0 Å². The number of nitrogens with one attached hydrogen (secondary N) is 1. The Morgan fingerprint density at radius 3 is 2.16 bits per heavy atom. The lowest BCUT2D eigenvalue weighted by atomic mass is 10.1. The van der Waals surface area contributed by atoms with Gasteiger partial charge < -0.3 is 4.90 Å². The fourth-order valence-corrected chi connectivity index (χ4v) is 3.58. The van der Waals surface area contributed by atoms with Crippen LogP contribution in [0, 0.1) is 0 Å². The number of sulfonamides is 1. The zero-order valence-electron chi connectivity index (χ0n) is 13.9. The van der Waals surface area contributed by atoms with Crippen LogP contribution in [0.3, 0.4) is 0 Å². The Balaban J connectivity index is 1.86. The normalized spacial score (nSPS) is 11.3. The maximum absolute atomic E-state index is 12.6. The summed E-state index contributed by atoms with van der Waals surface area (Å²) in [7, 11) is -0.369. The van der Waals surface area contributed by atoms with Gasteiger partial charge in [0.2, 0.25) is 0 Å². The van der Waals surface area contributed by atoms with Gasteiger partial charge in [-0.1, -0.05) is 30.3 Å². The fraction of sp³-hybridized carbons (Fsp3) is 0.105. The molecule has 0 radical (unpaired) electrons. The smallest absolute Gasteiger partial charge is 0.261 e. The summed E-state index contributed by atoms with van der Waals surface area (Å²) in [6, 6.07) is 18.9. The summed E-state index contributed by atoms with van der Waals surface area (Å²) in [4.78, 5) is 13.5. The molecule has 3 aromatic carbocycles. The average Bonchev–Trinajstić information content (AvgIpc) is 2.61. The van der Waals surface area contributed by atoms with Crippen molar-refractivity contribution in [2.75, 3.05) is 18.8 Å². The third-order valence-corrected chi connectivity index (χ3v) is 5.20. The molecule has 0 aromatic heterocycles. The van der Waals surface area contributed by atoms with Crippen LogP contribution in [0.4, 0.5) is 5.69 Å². The number of amides is 1. The number of benzene rings is 3. The van der Waals surface area contributed by atoms with E-state index in [0.717, 1.165) is 10.8 Å². The lowest BCUT2D eigenvalue weighted by Gasteiger charge is -2.12. The molecule has 0 atom stereocenters. The Morgan fingerprint density at radius 1 is 0.880 bits per heavy atom. The van der Waals surface area contributed by atoms with Crippen LogP contribution in [-0.2, 0) is 10.0 Å². The molecule has 6 heteroatoms. The maximum Gasteiger partial charge on any atom is 0.261 e. The molecule has 0 aliphatic carbocycles. The first-order valence-corrected chi connectivity index (χ1v) is 9.18. The van der Waals surface area contributed by atoms with Crippen molar-refractivity contribution in [1.29, 1.82) is 0 Å². The van der Waals surface area contributed by atoms with Crippen molar-refractivity contribution >= 4 is 32.4 Å². The monoisotopic (exact) mass is 354 g/mol. The molecule has 1 N–H and O–H groups in total. The molecule has 3 aromatic rings. The molecule has 0 aliphatic rings. The Bertz CT molecular complexity index is 1030. The van der Waals surface area contributed by atoms with Crippen molar-refractivity contribution in [1.82, 2.24) is 4.90 Å². The standard InChI is InChI=1S/C19H18N2O3S/c1-21(2)19(22)15-7-10-17(11-8-15)20-25(23,24)18-12-9-14-5-3-4-6-16(14)13-18/h3-13,20H,1-2H3. The van der Waals surface area contributed by atoms with E-state index < -0.39 is 10.0 Å². The molecule has 1 amide bonds. The second-order valence-electron chi connectivity index (χ2n) is 5.89. The molecule has 0 saturated carbocycles. The van der Waals surface area contributed by atoms with Gasteiger partial charge in [-0.25, -0.2) is 8.42 Å². The lowest BCUT2D eigenvalue weighted by Crippen LogP contribution is -2.21. The topological polar surface area (TPSA) is 66.5 Å². The first-order chi connectivity index (χ1) is 11.9. The van der Waals surface area contributed by atoms with Crippen LogP contribution in [0.2, 0.25) is 0 Å². The molecular weight excluding hydrogens is 336 g/mol. The van der Waals surface area contributed by atoms with Gasteiger partial charge in [-0.2, -0.15) is 0 Å². The molecule has 128 valence electrons. The van der Waals surface area contributed by atoms with Crippen LogP contribution >= 0.6 is 0 Å². The summed E-state index contributed by atoms with van der Waals surface area (Å²) < 4.78 is 27.7. The Morgan fingerprint density at radius 2 is 1.52 bits per heavy atom. The van der Waals surface area contributed by atoms with Gasteiger partial charge in [-0.05, 0) is 47.2 Å². The summed E-state index contributed by atoms with van der Waals surface area (Å²) in [6.45, 7) is 0. The van der Waals surface area contributed by atoms with E-state index in [0.29, 0.717) is 11.3 Å². The second kappa shape index (κ2) is 6.57. The van der Waals surface area contributed by atoms with E-state index in [1.54, 1.807) is 56.6 Å². The molecule has 0 saturated heterocycles. The quantitative estimate of drug-likeness (QED) is 0.781. The maximum atomic E-state index is 12.6. The van der Waals surface area contributed by atoms with Gasteiger partial charge in [0.25, 0.3) is 15.9 Å². The molecule has 0 bridgehead atoms. The summed E-state index contributed by atoms with van der Waals surface area (Å²) in [6.07, 6.45) is 0. The number of fused-ring (bicyclic) bond motifs is 1. The molecule has 5 nitrogen and oxygen atoms in total. The third-order valence-electron chi connectivity index (χ3n) is 3.82. The minimum atomic E-state index is -3.70. The SMILES string of the molecule is CN(C)C(=O)c1ccc(NS(=O)(=O)c2ccc3ccccc3c2)cc1. The highest BCUT2D eigenvalue weighted by Gasteiger charge is 2.15. The van der Waals surface area contributed by atoms with Gasteiger partial charge >= 0.3 is 0 Å². The van der Waals surface area contributed by atoms with Gasteiger partial charge in [-0.15, -0.1) is 0 Å². The zero-order valence-corrected chi connectivity index (χ0v) is 14.7. The number of rotatable bonds is 4. The predicted molar refractivity (Wildman–Crippen MR) is 99.2 cm³/mol. The highest BCUT2D eigenvalue weighted by Crippen LogP contribution is 2.21. The van der Waals surface area contributed by atoms with Crippen molar-refractivity contribution in [3.05, 3.63) is 72.3 Å². The molecule has 0 aliphatic heterocycles. The Labute approximate surface area is 146 Å². The lowest BCUT2D eigenvalue weighted by molar-refractivity contribution is 0.0827. The van der Waals surface area contributed by atoms with E-state index in [-0.39, 0.29) is 10.8 Å². The molecule has 25 heavy (non-hydrogen) atoms. The molecule has 0 heterocycles. The summed E-state index contributed by atoms with van der Waals surface area (Å²) in [5.74, 6) is -0.135. The minimum Gasteiger partial charge on any atom is -0.345 e. The van der Waals surface area contributed by atoms with Crippen molar-refractivity contribution < 1.29 is 13.2 Å². The van der Waals surface area contributed by atoms with Crippen LogP contribution in [0.15, 0.2) is 71.6 Å². The van der Waals surface area contributed by atoms with E-state index in [1.165, 1.54) is 4.90 Å². The highest BCUT2D eigenvalue weighted by molar-refractivity contribution is 7.92. The van der Waals surface area contributed by atoms with Crippen molar-refractivity contribution in [2.45, 2.75) is 4.90 Å². The van der Waals surface area contributed by atoms with Crippen LogP contribution in [0.1, 0.15) is 10.4 Å². The number of nitrogens with zero attached hydrogens (tertiary/aromatic N) is 1. The first-order valence-electron chi connectivity index (χ1n) is 7.70. The number of hydrogen-bond acceptors (Lipinski definition) is 3. The van der Waals surface area contributed by atoms with Crippen molar-refractivity contribution in [3.63, 3.8) is 0 Å². The van der Waals surface area contributed by atoms with Crippen LogP contribution < -0.4 is 4.72 Å². The number of hydrogen-bond donors (Lipinski definition) is 1. The fourth-order valence-electron chi connectivity index (χ4n) is 2.49. The van der Waals surface area contributed by atoms with E-state index in [9.17, 15) is 13.2 Å². The van der Waals surface area contributed by atoms with Crippen LogP contribution in [0.5, 0.6) is 0 Å². The largest absolute Gasteiger partial charge is 0.345 e. The average molecular weight is 354 g/mol. The number of anilines is 1. The molecular formula is C19H18N2O3S. The van der Waals surface area contributed by atoms with Crippen molar-refractivity contribution in [3.8, 4) is 0 Å². The number of carbonyl (C=O) groups excluding carboxylic acids is 1. The molecule has 0 unspecified atom stereocenters. The second-order valence-corrected chi connectivity index (χ2v) is 7.57. The number of carbonyl (C=O) groups is 1. The molecule has 3 rings (SSSR count). The summed E-state index contributed by atoms with van der Waals surface area (Å²) in [5.41, 5.74) is 0.905. The molecule has 0 fully saturated rings. The Hall–Kier alpha value is -2.86. The van der Waals surface area contributed by atoms with E-state index in [4.69, 9.17) is 0 Å².